The summed E-state index contributed by atoms with van der Waals surface area (Å²) in [6.07, 6.45) is 60.1. The van der Waals surface area contributed by atoms with Crippen LogP contribution in [0.1, 0.15) is 290 Å². The highest BCUT2D eigenvalue weighted by atomic mass is 16.5. The molecule has 6 heteroatoms. The van der Waals surface area contributed by atoms with E-state index < -0.39 is 12.1 Å². The van der Waals surface area contributed by atoms with Gasteiger partial charge in [-0.1, -0.05) is 224 Å². The fourth-order valence-electron chi connectivity index (χ4n) is 8.28. The minimum Gasteiger partial charge on any atom is -0.466 e. The summed E-state index contributed by atoms with van der Waals surface area (Å²) in [5.41, 5.74) is 0. The van der Waals surface area contributed by atoms with Crippen LogP contribution in [-0.4, -0.2) is 47.4 Å². The summed E-state index contributed by atoms with van der Waals surface area (Å²) < 4.78 is 5.45. The number of allylic oxidation sites excluding steroid dienone is 4. The first kappa shape index (κ1) is 59.3. The standard InChI is InChI=1S/C55H105NO5/c1-3-5-7-9-11-13-15-24-27-31-35-39-43-47-53(58)52(51-57)56-54(59)48-44-40-36-32-28-25-22-20-18-17-19-21-23-26-30-34-38-42-46-50-61-55(60)49-45-41-37-33-29-16-14-12-10-8-6-4-2/h12,14,17-18,52-53,57-58H,3-11,13,15-16,19-51H2,1-2H3,(H,56,59)/b14-12-,18-17-. The first-order valence-electron chi connectivity index (χ1n) is 27.1. The van der Waals surface area contributed by atoms with Gasteiger partial charge in [0.2, 0.25) is 5.91 Å². The first-order chi connectivity index (χ1) is 30.0. The molecule has 2 unspecified atom stereocenters. The van der Waals surface area contributed by atoms with Crippen molar-refractivity contribution in [2.45, 2.75) is 302 Å². The monoisotopic (exact) mass is 860 g/mol. The number of esters is 1. The maximum absolute atomic E-state index is 12.4. The summed E-state index contributed by atoms with van der Waals surface area (Å²) in [6.45, 7) is 4.91. The van der Waals surface area contributed by atoms with E-state index in [4.69, 9.17) is 4.74 Å². The van der Waals surface area contributed by atoms with Gasteiger partial charge >= 0.3 is 5.97 Å². The average Bonchev–Trinajstić information content (AvgIpc) is 3.26. The fraction of sp³-hybridized carbons (Fsp3) is 0.891. The number of hydrogen-bond donors (Lipinski definition) is 3. The number of ether oxygens (including phenoxy) is 1. The molecule has 0 aromatic carbocycles. The zero-order valence-corrected chi connectivity index (χ0v) is 40.9. The Kier molecular flexibility index (Phi) is 49.6. The van der Waals surface area contributed by atoms with E-state index in [1.165, 1.54) is 212 Å². The third-order valence-electron chi connectivity index (χ3n) is 12.5. The fourth-order valence-corrected chi connectivity index (χ4v) is 8.28. The highest BCUT2D eigenvalue weighted by Gasteiger charge is 2.20. The van der Waals surface area contributed by atoms with E-state index in [2.05, 4.69) is 43.5 Å². The maximum atomic E-state index is 12.4. The van der Waals surface area contributed by atoms with Gasteiger partial charge in [-0.05, 0) is 77.0 Å². The van der Waals surface area contributed by atoms with Crippen molar-refractivity contribution in [2.24, 2.45) is 0 Å². The molecule has 0 aromatic heterocycles. The molecule has 0 saturated carbocycles. The first-order valence-corrected chi connectivity index (χ1v) is 27.1. The Morgan fingerprint density at radius 3 is 1.20 bits per heavy atom. The van der Waals surface area contributed by atoms with Crippen LogP contribution in [0.15, 0.2) is 24.3 Å². The Morgan fingerprint density at radius 2 is 0.770 bits per heavy atom. The molecule has 0 saturated heterocycles. The molecule has 3 N–H and O–H groups in total. The molecule has 0 radical (unpaired) electrons. The molecule has 2 atom stereocenters. The predicted molar refractivity (Wildman–Crippen MR) is 264 cm³/mol. The van der Waals surface area contributed by atoms with Gasteiger partial charge in [-0.2, -0.15) is 0 Å². The van der Waals surface area contributed by atoms with Gasteiger partial charge in [0.15, 0.2) is 0 Å². The molecule has 0 aromatic rings. The number of aliphatic hydroxyl groups excluding tert-OH is 2. The molecule has 0 aliphatic rings. The van der Waals surface area contributed by atoms with Crippen molar-refractivity contribution in [1.82, 2.24) is 5.32 Å². The molecule has 6 nitrogen and oxygen atoms in total. The lowest BCUT2D eigenvalue weighted by Crippen LogP contribution is -2.45. The number of nitrogens with one attached hydrogen (secondary N) is 1. The molecular formula is C55H105NO5. The summed E-state index contributed by atoms with van der Waals surface area (Å²) >= 11 is 0. The van der Waals surface area contributed by atoms with Crippen molar-refractivity contribution < 1.29 is 24.5 Å². The van der Waals surface area contributed by atoms with Crippen LogP contribution in [-0.2, 0) is 14.3 Å². The SMILES string of the molecule is CCCCC/C=C\CCCCCCCC(=O)OCCCCCCCCCC/C=C\CCCCCCCCCC(=O)NC(CO)C(O)CCCCCCCCCCCCCCC. The molecule has 61 heavy (non-hydrogen) atoms. The van der Waals surface area contributed by atoms with Crippen LogP contribution in [0.25, 0.3) is 0 Å². The smallest absolute Gasteiger partial charge is 0.305 e. The molecule has 0 aliphatic carbocycles. The van der Waals surface area contributed by atoms with E-state index in [1.807, 2.05) is 0 Å². The Balaban J connectivity index is 3.44. The van der Waals surface area contributed by atoms with Gasteiger partial charge in [0.05, 0.1) is 25.4 Å². The van der Waals surface area contributed by atoms with Crippen LogP contribution in [0.5, 0.6) is 0 Å². The lowest BCUT2D eigenvalue weighted by molar-refractivity contribution is -0.143. The van der Waals surface area contributed by atoms with Gasteiger partial charge < -0.3 is 20.3 Å². The summed E-state index contributed by atoms with van der Waals surface area (Å²) in [6, 6.07) is -0.547. The number of carbonyl (C=O) groups excluding carboxylic acids is 2. The molecule has 0 heterocycles. The Morgan fingerprint density at radius 1 is 0.443 bits per heavy atom. The van der Waals surface area contributed by atoms with Crippen LogP contribution in [0.2, 0.25) is 0 Å². The highest BCUT2D eigenvalue weighted by Crippen LogP contribution is 2.16. The molecule has 0 bridgehead atoms. The van der Waals surface area contributed by atoms with E-state index in [-0.39, 0.29) is 18.5 Å². The number of carbonyl (C=O) groups is 2. The van der Waals surface area contributed by atoms with E-state index in [0.717, 1.165) is 44.9 Å². The second-order valence-corrected chi connectivity index (χ2v) is 18.6. The molecule has 0 rings (SSSR count). The largest absolute Gasteiger partial charge is 0.466 e. The van der Waals surface area contributed by atoms with Crippen molar-refractivity contribution in [3.05, 3.63) is 24.3 Å². The molecule has 0 fully saturated rings. The van der Waals surface area contributed by atoms with Gasteiger partial charge in [0.25, 0.3) is 0 Å². The van der Waals surface area contributed by atoms with Crippen molar-refractivity contribution in [2.75, 3.05) is 13.2 Å². The topological polar surface area (TPSA) is 95.9 Å². The van der Waals surface area contributed by atoms with E-state index >= 15 is 0 Å². The number of unbranched alkanes of at least 4 members (excludes halogenated alkanes) is 35. The van der Waals surface area contributed by atoms with Crippen molar-refractivity contribution in [3.8, 4) is 0 Å². The zero-order valence-electron chi connectivity index (χ0n) is 40.9. The van der Waals surface area contributed by atoms with E-state index in [0.29, 0.717) is 25.9 Å². The van der Waals surface area contributed by atoms with Crippen molar-refractivity contribution >= 4 is 11.9 Å². The highest BCUT2D eigenvalue weighted by molar-refractivity contribution is 5.76. The van der Waals surface area contributed by atoms with Crippen LogP contribution in [0.4, 0.5) is 0 Å². The third kappa shape index (κ3) is 47.7. The van der Waals surface area contributed by atoms with Gasteiger partial charge in [-0.3, -0.25) is 9.59 Å². The number of hydrogen-bond acceptors (Lipinski definition) is 5. The quantitative estimate of drug-likeness (QED) is 0.0322. The Labute approximate surface area is 380 Å². The normalized spacial score (nSPS) is 12.8. The Bertz CT molecular complexity index is 951. The minimum absolute atomic E-state index is 0.00632. The van der Waals surface area contributed by atoms with Crippen LogP contribution in [0, 0.1) is 0 Å². The lowest BCUT2D eigenvalue weighted by Gasteiger charge is -2.22. The molecule has 0 aliphatic heterocycles. The number of rotatable bonds is 50. The van der Waals surface area contributed by atoms with Gasteiger partial charge in [0, 0.05) is 12.8 Å². The summed E-state index contributed by atoms with van der Waals surface area (Å²) in [4.78, 5) is 24.4. The molecule has 0 spiro atoms. The van der Waals surface area contributed by atoms with Crippen LogP contribution < -0.4 is 5.32 Å². The van der Waals surface area contributed by atoms with E-state index in [9.17, 15) is 19.8 Å². The van der Waals surface area contributed by atoms with Gasteiger partial charge in [-0.15, -0.1) is 0 Å². The molecule has 1 amide bonds. The summed E-state index contributed by atoms with van der Waals surface area (Å²) in [5, 5.41) is 23.2. The summed E-state index contributed by atoms with van der Waals surface area (Å²) in [7, 11) is 0. The van der Waals surface area contributed by atoms with Crippen LogP contribution >= 0.6 is 0 Å². The summed E-state index contributed by atoms with van der Waals surface area (Å²) in [5.74, 6) is -0.0511. The van der Waals surface area contributed by atoms with E-state index in [1.54, 1.807) is 0 Å². The second kappa shape index (κ2) is 51.0. The van der Waals surface area contributed by atoms with Gasteiger partial charge in [0.1, 0.15) is 0 Å². The maximum Gasteiger partial charge on any atom is 0.305 e. The zero-order chi connectivity index (χ0) is 44.4. The number of amides is 1. The molecule has 360 valence electrons. The van der Waals surface area contributed by atoms with Crippen LogP contribution in [0.3, 0.4) is 0 Å². The van der Waals surface area contributed by atoms with Crippen molar-refractivity contribution in [1.29, 1.82) is 0 Å². The second-order valence-electron chi connectivity index (χ2n) is 18.6. The third-order valence-corrected chi connectivity index (χ3v) is 12.5. The average molecular weight is 860 g/mol. The van der Waals surface area contributed by atoms with Crippen molar-refractivity contribution in [3.63, 3.8) is 0 Å². The lowest BCUT2D eigenvalue weighted by atomic mass is 10.0. The molecular weight excluding hydrogens is 755 g/mol. The number of aliphatic hydroxyl groups is 2. The van der Waals surface area contributed by atoms with Gasteiger partial charge in [-0.25, -0.2) is 0 Å². The minimum atomic E-state index is -0.669. The Hall–Kier alpha value is -1.66. The predicted octanol–water partition coefficient (Wildman–Crippen LogP) is 16.3.